The molecule has 4 rings (SSSR count). The Kier molecular flexibility index (Phi) is 5.00. The molecule has 0 amide bonds. The van der Waals surface area contributed by atoms with Crippen molar-refractivity contribution in [1.82, 2.24) is 34.8 Å². The highest BCUT2D eigenvalue weighted by Crippen LogP contribution is 2.29. The van der Waals surface area contributed by atoms with Crippen LogP contribution in [0.5, 0.6) is 5.75 Å². The standard InChI is InChI=1S/C19H20N8O3/c1-4-30-19(29)15-5-6-26-16(15)18(20-10-21-26)22-13-7-12(8-14(28)9-13)17-23-25-27(24-17)11(2)3/h5-11,28H,4H2,1-3H3,(H,20,21,22). The van der Waals surface area contributed by atoms with Crippen molar-refractivity contribution in [3.63, 3.8) is 0 Å². The minimum atomic E-state index is -0.469. The Balaban J connectivity index is 1.72. The van der Waals surface area contributed by atoms with E-state index in [0.717, 1.165) is 0 Å². The van der Waals surface area contributed by atoms with Gasteiger partial charge in [0.15, 0.2) is 5.82 Å². The highest BCUT2D eigenvalue weighted by molar-refractivity contribution is 6.00. The van der Waals surface area contributed by atoms with Gasteiger partial charge < -0.3 is 15.2 Å². The Morgan fingerprint density at radius 3 is 2.87 bits per heavy atom. The average Bonchev–Trinajstić information content (AvgIpc) is 3.36. The molecule has 1 aromatic carbocycles. The number of phenolic OH excluding ortho intramolecular Hbond substituents is 1. The normalized spacial score (nSPS) is 11.2. The molecule has 0 aliphatic carbocycles. The Morgan fingerprint density at radius 2 is 2.13 bits per heavy atom. The van der Waals surface area contributed by atoms with E-state index in [2.05, 4.69) is 30.8 Å². The summed E-state index contributed by atoms with van der Waals surface area (Å²) in [5.74, 6) is 0.310. The number of tetrazole rings is 1. The summed E-state index contributed by atoms with van der Waals surface area (Å²) in [5, 5.41) is 29.9. The molecule has 0 saturated carbocycles. The zero-order chi connectivity index (χ0) is 21.3. The molecule has 0 bridgehead atoms. The second kappa shape index (κ2) is 7.78. The lowest BCUT2D eigenvalue weighted by atomic mass is 10.1. The van der Waals surface area contributed by atoms with E-state index < -0.39 is 5.97 Å². The fourth-order valence-electron chi connectivity index (χ4n) is 2.93. The summed E-state index contributed by atoms with van der Waals surface area (Å²) in [6.45, 7) is 5.88. The summed E-state index contributed by atoms with van der Waals surface area (Å²) in [5.41, 5.74) is 1.91. The number of esters is 1. The van der Waals surface area contributed by atoms with E-state index >= 15 is 0 Å². The van der Waals surface area contributed by atoms with Crippen molar-refractivity contribution in [3.05, 3.63) is 42.4 Å². The van der Waals surface area contributed by atoms with Crippen LogP contribution in [0, 0.1) is 0 Å². The molecule has 3 heterocycles. The summed E-state index contributed by atoms with van der Waals surface area (Å²) >= 11 is 0. The predicted octanol–water partition coefficient (Wildman–Crippen LogP) is 2.59. The summed E-state index contributed by atoms with van der Waals surface area (Å²) in [4.78, 5) is 18.0. The number of ether oxygens (including phenoxy) is 1. The van der Waals surface area contributed by atoms with Crippen molar-refractivity contribution in [3.8, 4) is 17.1 Å². The molecule has 0 spiro atoms. The molecule has 3 aromatic heterocycles. The number of carbonyl (C=O) groups excluding carboxylic acids is 1. The topological polar surface area (TPSA) is 132 Å². The maximum absolute atomic E-state index is 12.3. The predicted molar refractivity (Wildman–Crippen MR) is 108 cm³/mol. The molecular weight excluding hydrogens is 388 g/mol. The number of carbonyl (C=O) groups is 1. The van der Waals surface area contributed by atoms with Crippen molar-refractivity contribution in [2.45, 2.75) is 26.8 Å². The van der Waals surface area contributed by atoms with E-state index in [9.17, 15) is 9.90 Å². The fourth-order valence-corrected chi connectivity index (χ4v) is 2.93. The Hall–Kier alpha value is -4.02. The molecule has 0 radical (unpaired) electrons. The molecule has 30 heavy (non-hydrogen) atoms. The monoisotopic (exact) mass is 408 g/mol. The van der Waals surface area contributed by atoms with Gasteiger partial charge in [0, 0.05) is 23.5 Å². The molecule has 2 N–H and O–H groups in total. The van der Waals surface area contributed by atoms with E-state index in [1.54, 1.807) is 31.3 Å². The number of hydrogen-bond acceptors (Lipinski definition) is 9. The molecule has 0 aliphatic heterocycles. The van der Waals surface area contributed by atoms with Gasteiger partial charge in [-0.25, -0.2) is 14.3 Å². The Morgan fingerprint density at radius 1 is 1.30 bits per heavy atom. The van der Waals surface area contributed by atoms with Crippen LogP contribution < -0.4 is 5.32 Å². The first-order valence-electron chi connectivity index (χ1n) is 9.36. The average molecular weight is 408 g/mol. The number of aromatic nitrogens is 7. The quantitative estimate of drug-likeness (QED) is 0.462. The van der Waals surface area contributed by atoms with Gasteiger partial charge in [0.2, 0.25) is 5.82 Å². The maximum Gasteiger partial charge on any atom is 0.340 e. The van der Waals surface area contributed by atoms with Crippen LogP contribution in [0.15, 0.2) is 36.8 Å². The van der Waals surface area contributed by atoms with Gasteiger partial charge in [-0.2, -0.15) is 9.90 Å². The number of phenols is 1. The smallest absolute Gasteiger partial charge is 0.340 e. The molecular formula is C19H20N8O3. The summed E-state index contributed by atoms with van der Waals surface area (Å²) < 4.78 is 6.64. The number of hydrogen-bond donors (Lipinski definition) is 2. The lowest BCUT2D eigenvalue weighted by Crippen LogP contribution is -2.07. The Bertz CT molecular complexity index is 1210. The zero-order valence-electron chi connectivity index (χ0n) is 16.6. The third-order valence-corrected chi connectivity index (χ3v) is 4.28. The first-order chi connectivity index (χ1) is 14.5. The van der Waals surface area contributed by atoms with E-state index in [1.165, 1.54) is 21.7 Å². The largest absolute Gasteiger partial charge is 0.508 e. The van der Waals surface area contributed by atoms with Gasteiger partial charge in [0.25, 0.3) is 0 Å². The van der Waals surface area contributed by atoms with Crippen molar-refractivity contribution >= 4 is 23.0 Å². The fraction of sp³-hybridized carbons (Fsp3) is 0.263. The van der Waals surface area contributed by atoms with Crippen LogP contribution in [0.25, 0.3) is 16.9 Å². The molecule has 11 heteroatoms. The number of aromatic hydroxyl groups is 1. The van der Waals surface area contributed by atoms with Crippen molar-refractivity contribution in [1.29, 1.82) is 0 Å². The highest BCUT2D eigenvalue weighted by atomic mass is 16.5. The van der Waals surface area contributed by atoms with E-state index in [4.69, 9.17) is 4.74 Å². The third-order valence-electron chi connectivity index (χ3n) is 4.28. The summed E-state index contributed by atoms with van der Waals surface area (Å²) in [6.07, 6.45) is 3.01. The number of rotatable bonds is 6. The van der Waals surface area contributed by atoms with Gasteiger partial charge in [-0.3, -0.25) is 0 Å². The third kappa shape index (κ3) is 3.64. The summed E-state index contributed by atoms with van der Waals surface area (Å²) in [6, 6.07) is 6.51. The van der Waals surface area contributed by atoms with Crippen LogP contribution in [0.4, 0.5) is 11.5 Å². The van der Waals surface area contributed by atoms with Crippen LogP contribution in [-0.2, 0) is 4.74 Å². The first kappa shape index (κ1) is 19.3. The van der Waals surface area contributed by atoms with Gasteiger partial charge in [-0.15, -0.1) is 10.2 Å². The van der Waals surface area contributed by atoms with E-state index in [-0.39, 0.29) is 18.4 Å². The van der Waals surface area contributed by atoms with Gasteiger partial charge in [0.05, 0.1) is 18.2 Å². The molecule has 0 fully saturated rings. The molecule has 0 atom stereocenters. The lowest BCUT2D eigenvalue weighted by Gasteiger charge is -2.10. The molecule has 4 aromatic rings. The zero-order valence-corrected chi connectivity index (χ0v) is 16.6. The van der Waals surface area contributed by atoms with Crippen LogP contribution >= 0.6 is 0 Å². The van der Waals surface area contributed by atoms with E-state index in [1.807, 2.05) is 13.8 Å². The molecule has 154 valence electrons. The van der Waals surface area contributed by atoms with Crippen LogP contribution in [0.2, 0.25) is 0 Å². The Labute approximate surface area is 171 Å². The number of nitrogens with zero attached hydrogens (tertiary/aromatic N) is 7. The van der Waals surface area contributed by atoms with Gasteiger partial charge >= 0.3 is 5.97 Å². The summed E-state index contributed by atoms with van der Waals surface area (Å²) in [7, 11) is 0. The number of fused-ring (bicyclic) bond motifs is 1. The highest BCUT2D eigenvalue weighted by Gasteiger charge is 2.18. The lowest BCUT2D eigenvalue weighted by molar-refractivity contribution is 0.0528. The second-order valence-corrected chi connectivity index (χ2v) is 6.77. The molecule has 0 aliphatic rings. The SMILES string of the molecule is CCOC(=O)c1ccn2ncnc(Nc3cc(O)cc(-c4nnn(C(C)C)n4)c3)c12. The van der Waals surface area contributed by atoms with Crippen molar-refractivity contribution in [2.75, 3.05) is 11.9 Å². The molecule has 0 unspecified atom stereocenters. The maximum atomic E-state index is 12.3. The molecule has 11 nitrogen and oxygen atoms in total. The number of anilines is 2. The van der Waals surface area contributed by atoms with Crippen LogP contribution in [-0.4, -0.2) is 52.5 Å². The van der Waals surface area contributed by atoms with Gasteiger partial charge in [-0.05, 0) is 44.2 Å². The van der Waals surface area contributed by atoms with Crippen LogP contribution in [0.3, 0.4) is 0 Å². The number of nitrogens with one attached hydrogen (secondary N) is 1. The number of benzene rings is 1. The minimum absolute atomic E-state index is 0.0157. The van der Waals surface area contributed by atoms with Gasteiger partial charge in [0.1, 0.15) is 17.6 Å². The van der Waals surface area contributed by atoms with Crippen molar-refractivity contribution in [2.24, 2.45) is 0 Å². The van der Waals surface area contributed by atoms with E-state index in [0.29, 0.717) is 34.0 Å². The minimum Gasteiger partial charge on any atom is -0.508 e. The van der Waals surface area contributed by atoms with Crippen LogP contribution in [0.1, 0.15) is 37.2 Å². The second-order valence-electron chi connectivity index (χ2n) is 6.77. The first-order valence-corrected chi connectivity index (χ1v) is 9.36. The van der Waals surface area contributed by atoms with Gasteiger partial charge in [-0.1, -0.05) is 0 Å². The molecule has 0 saturated heterocycles. The van der Waals surface area contributed by atoms with Crippen molar-refractivity contribution < 1.29 is 14.6 Å².